The second kappa shape index (κ2) is 4.94. The van der Waals surface area contributed by atoms with Crippen molar-refractivity contribution in [1.29, 1.82) is 0 Å². The van der Waals surface area contributed by atoms with Crippen molar-refractivity contribution in [2.75, 3.05) is 0 Å². The summed E-state index contributed by atoms with van der Waals surface area (Å²) in [6, 6.07) is 1.86. The number of hydrogen-bond donors (Lipinski definition) is 2. The van der Waals surface area contributed by atoms with Crippen molar-refractivity contribution in [1.82, 2.24) is 25.1 Å². The maximum atomic E-state index is 11.8. The van der Waals surface area contributed by atoms with Gasteiger partial charge in [0.2, 0.25) is 0 Å². The van der Waals surface area contributed by atoms with Gasteiger partial charge in [-0.25, -0.2) is 4.98 Å². The quantitative estimate of drug-likeness (QED) is 0.745. The van der Waals surface area contributed by atoms with Crippen molar-refractivity contribution in [2.24, 2.45) is 7.05 Å². The minimum absolute atomic E-state index is 0.0711. The van der Waals surface area contributed by atoms with Crippen LogP contribution in [0.5, 0.6) is 0 Å². The predicted molar refractivity (Wildman–Crippen MR) is 74.0 cm³/mol. The second-order valence-corrected chi connectivity index (χ2v) is 5.19. The average molecular weight is 275 g/mol. The largest absolute Gasteiger partial charge is 0.308 e. The summed E-state index contributed by atoms with van der Waals surface area (Å²) in [5, 5.41) is 9.20. The van der Waals surface area contributed by atoms with Gasteiger partial charge < -0.3 is 10.3 Å². The molecule has 0 aromatic carbocycles. The summed E-state index contributed by atoms with van der Waals surface area (Å²) in [4.78, 5) is 19.0. The van der Waals surface area contributed by atoms with Gasteiger partial charge in [0.1, 0.15) is 10.5 Å². The van der Waals surface area contributed by atoms with E-state index in [1.54, 1.807) is 4.68 Å². The topological polar surface area (TPSA) is 75.6 Å². The lowest BCUT2D eigenvalue weighted by atomic mass is 10.3. The highest BCUT2D eigenvalue weighted by Crippen LogP contribution is 2.13. The van der Waals surface area contributed by atoms with Crippen LogP contribution in [0.2, 0.25) is 0 Å². The number of rotatable bonds is 4. The van der Waals surface area contributed by atoms with Gasteiger partial charge in [0.05, 0.1) is 18.3 Å². The molecule has 7 heteroatoms. The normalized spacial score (nSPS) is 11.2. The number of aromatic amines is 1. The highest BCUT2D eigenvalue weighted by Gasteiger charge is 2.04. The smallest absolute Gasteiger partial charge is 0.268 e. The van der Waals surface area contributed by atoms with Crippen LogP contribution in [0.3, 0.4) is 0 Å². The first-order chi connectivity index (χ1) is 9.22. The van der Waals surface area contributed by atoms with E-state index in [0.717, 1.165) is 11.1 Å². The third-order valence-electron chi connectivity index (χ3n) is 2.74. The van der Waals surface area contributed by atoms with Gasteiger partial charge in [-0.3, -0.25) is 9.48 Å². The first-order valence-electron chi connectivity index (χ1n) is 5.87. The Morgan fingerprint density at radius 3 is 3.16 bits per heavy atom. The molecule has 0 unspecified atom stereocenters. The molecular weight excluding hydrogens is 262 g/mol. The summed E-state index contributed by atoms with van der Waals surface area (Å²) in [7, 11) is 1.88. The average Bonchev–Trinajstić information content (AvgIpc) is 2.98. The molecule has 0 fully saturated rings. The van der Waals surface area contributed by atoms with Crippen molar-refractivity contribution >= 4 is 21.6 Å². The van der Waals surface area contributed by atoms with Crippen LogP contribution in [0.1, 0.15) is 11.4 Å². The fourth-order valence-corrected chi connectivity index (χ4v) is 2.62. The number of nitrogens with one attached hydrogen (secondary N) is 2. The van der Waals surface area contributed by atoms with Crippen molar-refractivity contribution in [3.63, 3.8) is 0 Å². The van der Waals surface area contributed by atoms with Gasteiger partial charge in [-0.2, -0.15) is 5.10 Å². The lowest BCUT2D eigenvalue weighted by Crippen LogP contribution is -2.18. The fourth-order valence-electron chi connectivity index (χ4n) is 1.89. The molecule has 0 bridgehead atoms. The first-order valence-corrected chi connectivity index (χ1v) is 6.75. The Bertz CT molecular complexity index is 757. The van der Waals surface area contributed by atoms with Crippen LogP contribution in [0.15, 0.2) is 28.6 Å². The summed E-state index contributed by atoms with van der Waals surface area (Å²) in [5.74, 6) is 0.653. The van der Waals surface area contributed by atoms with Gasteiger partial charge in [0.25, 0.3) is 5.56 Å². The predicted octanol–water partition coefficient (Wildman–Crippen LogP) is 1.01. The molecule has 3 aromatic rings. The van der Waals surface area contributed by atoms with E-state index < -0.39 is 0 Å². The maximum absolute atomic E-state index is 11.8. The number of hydrogen-bond acceptors (Lipinski definition) is 5. The molecular formula is C12H13N5OS. The van der Waals surface area contributed by atoms with Crippen LogP contribution >= 0.6 is 11.3 Å². The van der Waals surface area contributed by atoms with Gasteiger partial charge in [-0.15, -0.1) is 11.3 Å². The number of thiophene rings is 1. The lowest BCUT2D eigenvalue weighted by molar-refractivity contribution is 0.662. The minimum atomic E-state index is -0.0711. The van der Waals surface area contributed by atoms with E-state index in [9.17, 15) is 4.79 Å². The Morgan fingerprint density at radius 1 is 1.47 bits per heavy atom. The zero-order chi connectivity index (χ0) is 13.2. The van der Waals surface area contributed by atoms with Crippen molar-refractivity contribution < 1.29 is 0 Å². The maximum Gasteiger partial charge on any atom is 0.268 e. The molecule has 3 heterocycles. The van der Waals surface area contributed by atoms with Gasteiger partial charge in [-0.05, 0) is 11.4 Å². The Balaban J connectivity index is 1.69. The van der Waals surface area contributed by atoms with Gasteiger partial charge >= 0.3 is 0 Å². The molecule has 0 atom stereocenters. The Labute approximate surface area is 113 Å². The molecule has 3 rings (SSSR count). The fraction of sp³-hybridized carbons (Fsp3) is 0.250. The molecule has 98 valence electrons. The number of nitrogens with zero attached hydrogens (tertiary/aromatic N) is 3. The van der Waals surface area contributed by atoms with Crippen molar-refractivity contribution in [3.8, 4) is 0 Å². The van der Waals surface area contributed by atoms with Gasteiger partial charge in [0.15, 0.2) is 0 Å². The Kier molecular flexibility index (Phi) is 3.14. The molecule has 19 heavy (non-hydrogen) atoms. The molecule has 2 N–H and O–H groups in total. The molecule has 6 nitrogen and oxygen atoms in total. The van der Waals surface area contributed by atoms with Crippen LogP contribution in [-0.2, 0) is 20.1 Å². The van der Waals surface area contributed by atoms with E-state index >= 15 is 0 Å². The molecule has 0 aliphatic carbocycles. The monoisotopic (exact) mass is 275 g/mol. The van der Waals surface area contributed by atoms with Gasteiger partial charge in [0, 0.05) is 25.4 Å². The van der Waals surface area contributed by atoms with Crippen LogP contribution < -0.4 is 10.9 Å². The highest BCUT2D eigenvalue weighted by atomic mass is 32.1. The van der Waals surface area contributed by atoms with E-state index in [-0.39, 0.29) is 5.56 Å². The van der Waals surface area contributed by atoms with Crippen molar-refractivity contribution in [2.45, 2.75) is 13.1 Å². The van der Waals surface area contributed by atoms with Crippen LogP contribution in [-0.4, -0.2) is 19.7 Å². The summed E-state index contributed by atoms with van der Waals surface area (Å²) in [5.41, 5.74) is 1.78. The number of aryl methyl sites for hydroxylation is 1. The summed E-state index contributed by atoms with van der Waals surface area (Å²) < 4.78 is 2.44. The van der Waals surface area contributed by atoms with Gasteiger partial charge in [-0.1, -0.05) is 0 Å². The van der Waals surface area contributed by atoms with E-state index in [4.69, 9.17) is 0 Å². The summed E-state index contributed by atoms with van der Waals surface area (Å²) >= 11 is 1.41. The SMILES string of the molecule is Cn1cc(CNCc2nc3ccsc3c(=O)[nH]2)cn1. The Hall–Kier alpha value is -1.99. The third-order valence-corrected chi connectivity index (χ3v) is 3.65. The molecule has 0 amide bonds. The lowest BCUT2D eigenvalue weighted by Gasteiger charge is -2.02. The second-order valence-electron chi connectivity index (χ2n) is 4.27. The number of aromatic nitrogens is 4. The highest BCUT2D eigenvalue weighted by molar-refractivity contribution is 7.17. The number of fused-ring (bicyclic) bond motifs is 1. The molecule has 0 aliphatic rings. The Morgan fingerprint density at radius 2 is 2.37 bits per heavy atom. The molecule has 0 radical (unpaired) electrons. The summed E-state index contributed by atoms with van der Waals surface area (Å²) in [6.07, 6.45) is 3.76. The summed E-state index contributed by atoms with van der Waals surface area (Å²) in [6.45, 7) is 1.22. The van der Waals surface area contributed by atoms with E-state index in [2.05, 4.69) is 20.4 Å². The molecule has 0 spiro atoms. The third kappa shape index (κ3) is 2.56. The van der Waals surface area contributed by atoms with E-state index in [1.807, 2.05) is 30.9 Å². The molecule has 0 saturated heterocycles. The molecule has 3 aromatic heterocycles. The van der Waals surface area contributed by atoms with Crippen LogP contribution in [0, 0.1) is 0 Å². The van der Waals surface area contributed by atoms with Crippen LogP contribution in [0.4, 0.5) is 0 Å². The van der Waals surface area contributed by atoms with E-state index in [1.165, 1.54) is 11.3 Å². The number of H-pyrrole nitrogens is 1. The van der Waals surface area contributed by atoms with E-state index in [0.29, 0.717) is 23.6 Å². The first kappa shape index (κ1) is 12.1. The standard InChI is InChI=1S/C12H13N5OS/c1-17-7-8(5-14-17)4-13-6-10-15-9-2-3-19-11(9)12(18)16-10/h2-3,5,7,13H,4,6H2,1H3,(H,15,16,18). The zero-order valence-electron chi connectivity index (χ0n) is 10.4. The van der Waals surface area contributed by atoms with Crippen LogP contribution in [0.25, 0.3) is 10.2 Å². The molecule has 0 saturated carbocycles. The zero-order valence-corrected chi connectivity index (χ0v) is 11.2. The van der Waals surface area contributed by atoms with Crippen molar-refractivity contribution in [3.05, 3.63) is 45.6 Å². The molecule has 0 aliphatic heterocycles. The minimum Gasteiger partial charge on any atom is -0.308 e.